The van der Waals surface area contributed by atoms with Crippen LogP contribution in [0.2, 0.25) is 0 Å². The molecule has 2 N–H and O–H groups in total. The summed E-state index contributed by atoms with van der Waals surface area (Å²) >= 11 is 6.87. The van der Waals surface area contributed by atoms with Crippen molar-refractivity contribution in [3.8, 4) is 11.5 Å². The summed E-state index contributed by atoms with van der Waals surface area (Å²) in [4.78, 5) is 0. The molecule has 0 aromatic heterocycles. The number of aryl methyl sites for hydroxylation is 1. The summed E-state index contributed by atoms with van der Waals surface area (Å²) in [6, 6.07) is 5.11. The summed E-state index contributed by atoms with van der Waals surface area (Å²) in [7, 11) is 0. The maximum atomic E-state index is 9.58. The van der Waals surface area contributed by atoms with Crippen LogP contribution < -0.4 is 0 Å². The molecular formula is C12H16Br2O2. The molecular weight excluding hydrogens is 336 g/mol. The van der Waals surface area contributed by atoms with Crippen LogP contribution in [-0.4, -0.2) is 13.9 Å². The third-order valence-corrected chi connectivity index (χ3v) is 3.38. The van der Waals surface area contributed by atoms with Crippen molar-refractivity contribution in [3.63, 3.8) is 0 Å². The predicted octanol–water partition coefficient (Wildman–Crippen LogP) is 4.32. The van der Waals surface area contributed by atoms with Crippen LogP contribution in [0.4, 0.5) is 0 Å². The first kappa shape index (κ1) is 13.8. The molecule has 2 nitrogen and oxygen atoms in total. The number of unbranched alkanes of at least 4 members (excludes halogenated alkanes) is 2. The molecule has 0 aliphatic heterocycles. The van der Waals surface area contributed by atoms with Crippen LogP contribution in [0.15, 0.2) is 18.2 Å². The summed E-state index contributed by atoms with van der Waals surface area (Å²) in [6.07, 6.45) is 5.23. The maximum Gasteiger partial charge on any atom is 0.160 e. The van der Waals surface area contributed by atoms with Crippen molar-refractivity contribution in [2.75, 3.05) is 0 Å². The molecule has 0 atom stereocenters. The van der Waals surface area contributed by atoms with E-state index < -0.39 is 0 Å². The summed E-state index contributed by atoms with van der Waals surface area (Å²) in [5, 5.41) is 18.9. The molecule has 4 heteroatoms. The highest BCUT2D eigenvalue weighted by atomic mass is 79.9. The van der Waals surface area contributed by atoms with Crippen LogP contribution in [0.3, 0.4) is 0 Å². The van der Waals surface area contributed by atoms with Crippen LogP contribution in [0.1, 0.15) is 31.2 Å². The minimum atomic E-state index is -0.0292. The van der Waals surface area contributed by atoms with Gasteiger partial charge in [0.05, 0.1) is 3.74 Å². The molecule has 90 valence electrons. The van der Waals surface area contributed by atoms with E-state index in [1.165, 1.54) is 6.07 Å². The monoisotopic (exact) mass is 350 g/mol. The maximum absolute atomic E-state index is 9.58. The number of alkyl halides is 2. The molecule has 1 aromatic carbocycles. The Balaban J connectivity index is 2.29. The summed E-state index contributed by atoms with van der Waals surface area (Å²) < 4.78 is 0.397. The van der Waals surface area contributed by atoms with Crippen molar-refractivity contribution >= 4 is 31.9 Å². The van der Waals surface area contributed by atoms with E-state index in [1.54, 1.807) is 6.07 Å². The van der Waals surface area contributed by atoms with Crippen molar-refractivity contribution in [1.29, 1.82) is 0 Å². The smallest absolute Gasteiger partial charge is 0.160 e. The lowest BCUT2D eigenvalue weighted by Gasteiger charge is -2.06. The Morgan fingerprint density at radius 3 is 2.50 bits per heavy atom. The molecule has 0 saturated carbocycles. The molecule has 0 heterocycles. The Bertz CT molecular complexity index is 327. The molecule has 0 radical (unpaired) electrons. The second-order valence-corrected chi connectivity index (χ2v) is 7.21. The number of para-hydroxylation sites is 1. The zero-order chi connectivity index (χ0) is 12.0. The highest BCUT2D eigenvalue weighted by molar-refractivity contribution is 9.24. The van der Waals surface area contributed by atoms with E-state index in [-0.39, 0.29) is 11.5 Å². The number of benzene rings is 1. The number of phenols is 2. The molecule has 0 fully saturated rings. The number of rotatable bonds is 6. The Labute approximate surface area is 113 Å². The normalized spacial score (nSPS) is 10.9. The molecule has 0 spiro atoms. The molecule has 1 rings (SSSR count). The first-order valence-corrected chi connectivity index (χ1v) is 7.22. The average Bonchev–Trinajstić information content (AvgIpc) is 2.23. The third kappa shape index (κ3) is 4.74. The molecule has 0 bridgehead atoms. The van der Waals surface area contributed by atoms with E-state index in [0.29, 0.717) is 3.74 Å². The molecule has 1 aromatic rings. The molecule has 0 saturated heterocycles. The van der Waals surface area contributed by atoms with Gasteiger partial charge in [-0.2, -0.15) is 0 Å². The van der Waals surface area contributed by atoms with Crippen LogP contribution >= 0.6 is 31.9 Å². The number of halogens is 2. The topological polar surface area (TPSA) is 40.5 Å². The lowest BCUT2D eigenvalue weighted by Crippen LogP contribution is -1.89. The Hall–Kier alpha value is -0.220. The van der Waals surface area contributed by atoms with Crippen LogP contribution in [0.5, 0.6) is 11.5 Å². The van der Waals surface area contributed by atoms with Gasteiger partial charge < -0.3 is 10.2 Å². The van der Waals surface area contributed by atoms with Crippen molar-refractivity contribution in [3.05, 3.63) is 23.8 Å². The van der Waals surface area contributed by atoms with Gasteiger partial charge in [-0.3, -0.25) is 0 Å². The number of aromatic hydroxyl groups is 2. The number of hydrogen-bond donors (Lipinski definition) is 2. The first-order valence-electron chi connectivity index (χ1n) is 5.39. The van der Waals surface area contributed by atoms with Crippen LogP contribution in [0, 0.1) is 0 Å². The van der Waals surface area contributed by atoms with Gasteiger partial charge in [-0.05, 0) is 30.9 Å². The predicted molar refractivity (Wildman–Crippen MR) is 73.6 cm³/mol. The van der Waals surface area contributed by atoms with Gasteiger partial charge in [-0.15, -0.1) is 0 Å². The van der Waals surface area contributed by atoms with Gasteiger partial charge in [0.1, 0.15) is 0 Å². The fourth-order valence-corrected chi connectivity index (χ4v) is 2.22. The van der Waals surface area contributed by atoms with E-state index >= 15 is 0 Å². The number of hydrogen-bond acceptors (Lipinski definition) is 2. The van der Waals surface area contributed by atoms with E-state index in [1.807, 2.05) is 6.07 Å². The lowest BCUT2D eigenvalue weighted by atomic mass is 10.1. The Kier molecular flexibility index (Phi) is 6.21. The van der Waals surface area contributed by atoms with Crippen molar-refractivity contribution in [2.24, 2.45) is 0 Å². The molecule has 0 aliphatic rings. The van der Waals surface area contributed by atoms with E-state index in [2.05, 4.69) is 31.9 Å². The highest BCUT2D eigenvalue weighted by Crippen LogP contribution is 2.29. The molecule has 0 amide bonds. The van der Waals surface area contributed by atoms with Gasteiger partial charge in [0, 0.05) is 0 Å². The van der Waals surface area contributed by atoms with Gasteiger partial charge in [0.2, 0.25) is 0 Å². The van der Waals surface area contributed by atoms with E-state index in [4.69, 9.17) is 0 Å². The average molecular weight is 352 g/mol. The van der Waals surface area contributed by atoms with Gasteiger partial charge in [-0.25, -0.2) is 0 Å². The number of phenolic OH excluding ortho intramolecular Hbond substituents is 2. The first-order chi connectivity index (χ1) is 7.61. The Morgan fingerprint density at radius 1 is 1.06 bits per heavy atom. The second kappa shape index (κ2) is 7.17. The van der Waals surface area contributed by atoms with Gasteiger partial charge >= 0.3 is 0 Å². The van der Waals surface area contributed by atoms with Crippen molar-refractivity contribution < 1.29 is 10.2 Å². The quantitative estimate of drug-likeness (QED) is 0.455. The fraction of sp³-hybridized carbons (Fsp3) is 0.500. The summed E-state index contributed by atoms with van der Waals surface area (Å²) in [6.45, 7) is 0. The summed E-state index contributed by atoms with van der Waals surface area (Å²) in [5.74, 6) is -0.000148. The highest BCUT2D eigenvalue weighted by Gasteiger charge is 2.05. The zero-order valence-corrected chi connectivity index (χ0v) is 12.2. The minimum absolute atomic E-state index is 0.0290. The molecule has 0 aliphatic carbocycles. The second-order valence-electron chi connectivity index (χ2n) is 3.78. The van der Waals surface area contributed by atoms with E-state index in [0.717, 1.165) is 37.7 Å². The third-order valence-electron chi connectivity index (χ3n) is 2.47. The minimum Gasteiger partial charge on any atom is -0.504 e. The zero-order valence-electron chi connectivity index (χ0n) is 9.00. The Morgan fingerprint density at radius 2 is 1.81 bits per heavy atom. The van der Waals surface area contributed by atoms with Gasteiger partial charge in [0.25, 0.3) is 0 Å². The van der Waals surface area contributed by atoms with Gasteiger partial charge in [-0.1, -0.05) is 56.8 Å². The van der Waals surface area contributed by atoms with Crippen LogP contribution in [0.25, 0.3) is 0 Å². The van der Waals surface area contributed by atoms with Crippen LogP contribution in [-0.2, 0) is 6.42 Å². The van der Waals surface area contributed by atoms with Gasteiger partial charge in [0.15, 0.2) is 11.5 Å². The molecule has 16 heavy (non-hydrogen) atoms. The largest absolute Gasteiger partial charge is 0.504 e. The van der Waals surface area contributed by atoms with Crippen molar-refractivity contribution in [1.82, 2.24) is 0 Å². The molecule has 0 unspecified atom stereocenters. The lowest BCUT2D eigenvalue weighted by molar-refractivity contribution is 0.398. The van der Waals surface area contributed by atoms with Crippen molar-refractivity contribution in [2.45, 2.75) is 35.8 Å². The summed E-state index contributed by atoms with van der Waals surface area (Å²) in [5.41, 5.74) is 0.828. The van der Waals surface area contributed by atoms with E-state index in [9.17, 15) is 10.2 Å². The standard InChI is InChI=1S/C12H16Br2O2/c13-11(14)8-3-1-2-5-9-6-4-7-10(15)12(9)16/h4,6-7,11,15-16H,1-3,5,8H2. The fourth-order valence-electron chi connectivity index (χ4n) is 1.57. The SMILES string of the molecule is Oc1cccc(CCCCCC(Br)Br)c1O.